The fourth-order valence-electron chi connectivity index (χ4n) is 3.38. The van der Waals surface area contributed by atoms with Crippen LogP contribution in [0, 0.1) is 0 Å². The van der Waals surface area contributed by atoms with E-state index in [0.717, 1.165) is 25.3 Å². The van der Waals surface area contributed by atoms with Crippen LogP contribution in [-0.4, -0.2) is 40.6 Å². The molecule has 1 amide bonds. The number of hydrogen-bond donors (Lipinski definition) is 1. The summed E-state index contributed by atoms with van der Waals surface area (Å²) in [5.41, 5.74) is -2.84. The average Bonchev–Trinajstić information content (AvgIpc) is 3.42. The standard InChI is InChI=1S/C17H18F3N3O3/c18-17(19,20)16(21-22-16)12-6-4-5-11(9-12)15(26)23(10-14(24)25)13-7-2-1-3-8-13/h4-6,9,13H,1-3,7-8,10H2,(H,24,25). The molecule has 2 aliphatic rings. The van der Waals surface area contributed by atoms with Gasteiger partial charge in [0.25, 0.3) is 5.91 Å². The zero-order valence-electron chi connectivity index (χ0n) is 13.9. The van der Waals surface area contributed by atoms with Gasteiger partial charge in [0.05, 0.1) is 0 Å². The van der Waals surface area contributed by atoms with Crippen LogP contribution < -0.4 is 0 Å². The van der Waals surface area contributed by atoms with E-state index in [1.54, 1.807) is 0 Å². The molecule has 140 valence electrons. The zero-order valence-corrected chi connectivity index (χ0v) is 13.9. The van der Waals surface area contributed by atoms with Crippen LogP contribution in [0.1, 0.15) is 48.0 Å². The number of carboxylic acid groups (broad SMARTS) is 1. The minimum atomic E-state index is -4.68. The SMILES string of the molecule is O=C(O)CN(C(=O)c1cccc(C2(C(F)(F)F)N=N2)c1)C1CCCCC1. The van der Waals surface area contributed by atoms with Crippen LogP contribution in [0.2, 0.25) is 0 Å². The van der Waals surface area contributed by atoms with Gasteiger partial charge in [-0.25, -0.2) is 0 Å². The highest BCUT2D eigenvalue weighted by Gasteiger charge is 2.65. The minimum Gasteiger partial charge on any atom is -0.480 e. The fraction of sp³-hybridized carbons (Fsp3) is 0.529. The number of benzene rings is 1. The Bertz CT molecular complexity index is 736. The first-order chi connectivity index (χ1) is 12.2. The first-order valence-electron chi connectivity index (χ1n) is 8.39. The minimum absolute atomic E-state index is 0.00949. The highest BCUT2D eigenvalue weighted by molar-refractivity contribution is 5.96. The van der Waals surface area contributed by atoms with Crippen molar-refractivity contribution in [1.29, 1.82) is 0 Å². The molecule has 0 saturated heterocycles. The molecule has 26 heavy (non-hydrogen) atoms. The van der Waals surface area contributed by atoms with Crippen molar-refractivity contribution in [3.05, 3.63) is 35.4 Å². The van der Waals surface area contributed by atoms with Gasteiger partial charge in [-0.3, -0.25) is 9.59 Å². The predicted octanol–water partition coefficient (Wildman–Crippen LogP) is 3.73. The van der Waals surface area contributed by atoms with Gasteiger partial charge in [-0.2, -0.15) is 13.2 Å². The quantitative estimate of drug-likeness (QED) is 0.859. The lowest BCUT2D eigenvalue weighted by Gasteiger charge is -2.33. The number of carbonyl (C=O) groups is 2. The van der Waals surface area contributed by atoms with E-state index in [2.05, 4.69) is 10.2 Å². The maximum absolute atomic E-state index is 13.2. The second kappa shape index (κ2) is 6.69. The molecule has 1 heterocycles. The third kappa shape index (κ3) is 3.42. The largest absolute Gasteiger partial charge is 0.480 e. The summed E-state index contributed by atoms with van der Waals surface area (Å²) in [6.07, 6.45) is -0.491. The molecular formula is C17H18F3N3O3. The maximum atomic E-state index is 13.2. The van der Waals surface area contributed by atoms with Crippen molar-refractivity contribution in [2.45, 2.75) is 50.0 Å². The lowest BCUT2D eigenvalue weighted by atomic mass is 9.93. The summed E-state index contributed by atoms with van der Waals surface area (Å²) in [5.74, 6) is -1.74. The molecule has 0 atom stereocenters. The molecule has 9 heteroatoms. The van der Waals surface area contributed by atoms with E-state index in [9.17, 15) is 22.8 Å². The Morgan fingerprint density at radius 2 is 1.85 bits per heavy atom. The lowest BCUT2D eigenvalue weighted by Crippen LogP contribution is -2.44. The Labute approximate surface area is 147 Å². The molecule has 0 radical (unpaired) electrons. The van der Waals surface area contributed by atoms with E-state index in [0.29, 0.717) is 12.8 Å². The number of aliphatic carboxylic acids is 1. The average molecular weight is 369 g/mol. The second-order valence-electron chi connectivity index (χ2n) is 6.57. The van der Waals surface area contributed by atoms with Crippen LogP contribution in [0.4, 0.5) is 13.2 Å². The number of nitrogens with zero attached hydrogens (tertiary/aromatic N) is 3. The molecule has 1 aliphatic carbocycles. The topological polar surface area (TPSA) is 82.3 Å². The lowest BCUT2D eigenvalue weighted by molar-refractivity contribution is -0.166. The molecule has 1 N–H and O–H groups in total. The Balaban J connectivity index is 1.88. The molecule has 0 bridgehead atoms. The summed E-state index contributed by atoms with van der Waals surface area (Å²) in [5, 5.41) is 15.4. The summed E-state index contributed by atoms with van der Waals surface area (Å²) in [7, 11) is 0. The third-order valence-electron chi connectivity index (χ3n) is 4.79. The van der Waals surface area contributed by atoms with Crippen LogP contribution in [0.25, 0.3) is 0 Å². The fourth-order valence-corrected chi connectivity index (χ4v) is 3.38. The normalized spacial score (nSPS) is 19.2. The Kier molecular flexibility index (Phi) is 4.72. The Morgan fingerprint density at radius 3 is 2.38 bits per heavy atom. The van der Waals surface area contributed by atoms with E-state index in [4.69, 9.17) is 5.11 Å². The highest BCUT2D eigenvalue weighted by atomic mass is 19.4. The number of rotatable bonds is 5. The number of carboxylic acids is 1. The summed E-state index contributed by atoms with van der Waals surface area (Å²) in [4.78, 5) is 25.3. The van der Waals surface area contributed by atoms with E-state index in [1.165, 1.54) is 23.1 Å². The molecule has 6 nitrogen and oxygen atoms in total. The molecule has 3 rings (SSSR count). The van der Waals surface area contributed by atoms with E-state index in [-0.39, 0.29) is 17.2 Å². The molecular weight excluding hydrogens is 351 g/mol. The van der Waals surface area contributed by atoms with E-state index >= 15 is 0 Å². The molecule has 1 aliphatic heterocycles. The van der Waals surface area contributed by atoms with Gasteiger partial charge in [-0.15, -0.1) is 10.2 Å². The first-order valence-corrected chi connectivity index (χ1v) is 8.39. The highest BCUT2D eigenvalue weighted by Crippen LogP contribution is 2.52. The van der Waals surface area contributed by atoms with E-state index in [1.807, 2.05) is 0 Å². The van der Waals surface area contributed by atoms with Gasteiger partial charge in [0.2, 0.25) is 0 Å². The van der Waals surface area contributed by atoms with Gasteiger partial charge in [-0.05, 0) is 25.0 Å². The Hall–Kier alpha value is -2.45. The van der Waals surface area contributed by atoms with Crippen LogP contribution in [0.3, 0.4) is 0 Å². The summed E-state index contributed by atoms with van der Waals surface area (Å²) >= 11 is 0. The number of halogens is 3. The molecule has 1 fully saturated rings. The van der Waals surface area contributed by atoms with Crippen molar-refractivity contribution in [2.24, 2.45) is 10.2 Å². The van der Waals surface area contributed by atoms with Crippen molar-refractivity contribution in [2.75, 3.05) is 6.54 Å². The van der Waals surface area contributed by atoms with Crippen molar-refractivity contribution >= 4 is 11.9 Å². The summed E-state index contributed by atoms with van der Waals surface area (Å²) in [6.45, 7) is -0.479. The maximum Gasteiger partial charge on any atom is 0.442 e. The van der Waals surface area contributed by atoms with Gasteiger partial charge in [0, 0.05) is 17.2 Å². The van der Waals surface area contributed by atoms with Gasteiger partial charge in [-0.1, -0.05) is 31.4 Å². The number of carbonyl (C=O) groups excluding carboxylic acids is 1. The third-order valence-corrected chi connectivity index (χ3v) is 4.79. The van der Waals surface area contributed by atoms with Crippen LogP contribution in [-0.2, 0) is 10.5 Å². The molecule has 1 aromatic carbocycles. The van der Waals surface area contributed by atoms with Crippen molar-refractivity contribution in [3.8, 4) is 0 Å². The molecule has 1 saturated carbocycles. The number of hydrogen-bond acceptors (Lipinski definition) is 4. The van der Waals surface area contributed by atoms with Gasteiger partial charge < -0.3 is 10.0 Å². The predicted molar refractivity (Wildman–Crippen MR) is 84.6 cm³/mol. The van der Waals surface area contributed by atoms with Crippen molar-refractivity contribution < 1.29 is 27.9 Å². The van der Waals surface area contributed by atoms with Crippen LogP contribution in [0.15, 0.2) is 34.5 Å². The van der Waals surface area contributed by atoms with Crippen LogP contribution >= 0.6 is 0 Å². The smallest absolute Gasteiger partial charge is 0.442 e. The first kappa shape index (κ1) is 18.3. The molecule has 0 unspecified atom stereocenters. The number of amides is 1. The summed E-state index contributed by atoms with van der Waals surface area (Å²) in [6, 6.07) is 4.82. The van der Waals surface area contributed by atoms with E-state index < -0.39 is 30.3 Å². The zero-order chi connectivity index (χ0) is 18.9. The Morgan fingerprint density at radius 1 is 1.19 bits per heavy atom. The summed E-state index contributed by atoms with van der Waals surface area (Å²) < 4.78 is 39.5. The van der Waals surface area contributed by atoms with Gasteiger partial charge in [0.15, 0.2) is 0 Å². The van der Waals surface area contributed by atoms with Gasteiger partial charge >= 0.3 is 17.8 Å². The monoisotopic (exact) mass is 369 g/mol. The van der Waals surface area contributed by atoms with Crippen molar-refractivity contribution in [3.63, 3.8) is 0 Å². The molecule has 0 spiro atoms. The van der Waals surface area contributed by atoms with Crippen LogP contribution in [0.5, 0.6) is 0 Å². The second-order valence-corrected chi connectivity index (χ2v) is 6.57. The van der Waals surface area contributed by atoms with Gasteiger partial charge in [0.1, 0.15) is 6.54 Å². The molecule has 1 aromatic rings. The van der Waals surface area contributed by atoms with Crippen molar-refractivity contribution in [1.82, 2.24) is 4.90 Å². The number of alkyl halides is 3. The molecule has 0 aromatic heterocycles.